The van der Waals surface area contributed by atoms with E-state index in [2.05, 4.69) is 0 Å². The Balaban J connectivity index is 1.82. The average Bonchev–Trinajstić information content (AvgIpc) is 2.92. The van der Waals surface area contributed by atoms with Crippen LogP contribution in [0.2, 0.25) is 0 Å². The summed E-state index contributed by atoms with van der Waals surface area (Å²) in [5.41, 5.74) is 3.53. The first-order valence-electron chi connectivity index (χ1n) is 10.1. The summed E-state index contributed by atoms with van der Waals surface area (Å²) in [4.78, 5) is 26.3. The van der Waals surface area contributed by atoms with Crippen LogP contribution in [-0.2, 0) is 20.7 Å². The number of aryl methyl sites for hydroxylation is 1. The molecule has 1 aliphatic heterocycles. The highest BCUT2D eigenvalue weighted by atomic mass is 19.1. The van der Waals surface area contributed by atoms with Gasteiger partial charge < -0.3 is 4.74 Å². The Morgan fingerprint density at radius 2 is 1.71 bits per heavy atom. The summed E-state index contributed by atoms with van der Waals surface area (Å²) in [6, 6.07) is 10.3. The van der Waals surface area contributed by atoms with E-state index in [9.17, 15) is 14.0 Å². The highest BCUT2D eigenvalue weighted by molar-refractivity contribution is 6.14. The second kappa shape index (κ2) is 7.16. The number of carbonyl (C=O) groups is 2. The van der Waals surface area contributed by atoms with Crippen molar-refractivity contribution in [2.24, 2.45) is 0 Å². The van der Waals surface area contributed by atoms with E-state index in [0.29, 0.717) is 12.8 Å². The van der Waals surface area contributed by atoms with Crippen LogP contribution in [0.25, 0.3) is 11.1 Å². The monoisotopic (exact) mass is 380 g/mol. The first-order chi connectivity index (χ1) is 13.5. The van der Waals surface area contributed by atoms with Crippen molar-refractivity contribution in [2.75, 3.05) is 0 Å². The van der Waals surface area contributed by atoms with E-state index in [4.69, 9.17) is 4.74 Å². The second-order valence-electron chi connectivity index (χ2n) is 7.94. The fourth-order valence-electron chi connectivity index (χ4n) is 4.83. The summed E-state index contributed by atoms with van der Waals surface area (Å²) in [6.07, 6.45) is 4.90. The Morgan fingerprint density at radius 1 is 1.04 bits per heavy atom. The van der Waals surface area contributed by atoms with Gasteiger partial charge in [0.25, 0.3) is 0 Å². The van der Waals surface area contributed by atoms with Gasteiger partial charge in [-0.25, -0.2) is 4.39 Å². The summed E-state index contributed by atoms with van der Waals surface area (Å²) in [7, 11) is 0. The van der Waals surface area contributed by atoms with Crippen molar-refractivity contribution < 1.29 is 18.7 Å². The van der Waals surface area contributed by atoms with Gasteiger partial charge in [-0.05, 0) is 79.0 Å². The molecule has 4 heteroatoms. The molecule has 0 N–H and O–H groups in total. The van der Waals surface area contributed by atoms with Crippen LogP contribution >= 0.6 is 0 Å². The maximum absolute atomic E-state index is 13.4. The molecule has 146 valence electrons. The number of ether oxygens (including phenoxy) is 1. The summed E-state index contributed by atoms with van der Waals surface area (Å²) < 4.78 is 19.1. The molecule has 2 aliphatic rings. The largest absolute Gasteiger partial charge is 0.450 e. The van der Waals surface area contributed by atoms with Crippen LogP contribution < -0.4 is 0 Å². The highest BCUT2D eigenvalue weighted by Crippen LogP contribution is 2.45. The van der Waals surface area contributed by atoms with Gasteiger partial charge in [0.2, 0.25) is 0 Å². The van der Waals surface area contributed by atoms with Gasteiger partial charge in [0.05, 0.1) is 0 Å². The van der Waals surface area contributed by atoms with Crippen molar-refractivity contribution in [3.05, 3.63) is 58.9 Å². The van der Waals surface area contributed by atoms with Crippen molar-refractivity contribution in [3.8, 4) is 11.1 Å². The molecule has 28 heavy (non-hydrogen) atoms. The van der Waals surface area contributed by atoms with Crippen LogP contribution in [0, 0.1) is 12.7 Å². The maximum atomic E-state index is 13.4. The molecule has 2 fully saturated rings. The molecule has 1 saturated heterocycles. The number of carbonyl (C=O) groups excluding carboxylic acids is 2. The third-order valence-corrected chi connectivity index (χ3v) is 6.33. The third-order valence-electron chi connectivity index (χ3n) is 6.33. The smallest absolute Gasteiger partial charge is 0.322 e. The van der Waals surface area contributed by atoms with Crippen molar-refractivity contribution in [2.45, 2.75) is 63.9 Å². The predicted octanol–water partition coefficient (Wildman–Crippen LogP) is 5.28. The van der Waals surface area contributed by atoms with Crippen molar-refractivity contribution in [3.63, 3.8) is 0 Å². The molecule has 1 atom stereocenters. The minimum Gasteiger partial charge on any atom is -0.450 e. The normalized spacial score (nSPS) is 21.2. The van der Waals surface area contributed by atoms with Gasteiger partial charge in [-0.3, -0.25) is 9.59 Å². The molecule has 1 saturated carbocycles. The molecule has 0 aromatic heterocycles. The molecular formula is C24H25FO3. The van der Waals surface area contributed by atoms with E-state index in [-0.39, 0.29) is 11.6 Å². The number of Topliss-reactive ketones (excluding diaryl/α,β-unsaturated/α-hetero) is 1. The van der Waals surface area contributed by atoms with Gasteiger partial charge in [0, 0.05) is 0 Å². The molecule has 2 aromatic carbocycles. The topological polar surface area (TPSA) is 43.4 Å². The minimum atomic E-state index is -0.927. The molecular weight excluding hydrogens is 355 g/mol. The standard InChI is InChI=1S/C24H25FO3/c1-3-16-9-12-19(17-7-10-18(25)11-8-17)15(2)20(16)21-22(26)24(28-23(21)27)13-5-4-6-14-24/h7-12,21H,3-6,13-14H2,1-2H3. The predicted molar refractivity (Wildman–Crippen MR) is 106 cm³/mol. The summed E-state index contributed by atoms with van der Waals surface area (Å²) in [5.74, 6) is -1.64. The van der Waals surface area contributed by atoms with Crippen LogP contribution in [0.3, 0.4) is 0 Å². The molecule has 4 rings (SSSR count). The molecule has 1 heterocycles. The van der Waals surface area contributed by atoms with Gasteiger partial charge in [0.15, 0.2) is 11.4 Å². The Kier molecular flexibility index (Phi) is 4.82. The molecule has 1 aliphatic carbocycles. The third kappa shape index (κ3) is 2.95. The molecule has 1 spiro atoms. The molecule has 2 aromatic rings. The summed E-state index contributed by atoms with van der Waals surface area (Å²) in [5, 5.41) is 0. The molecule has 0 bridgehead atoms. The number of ketones is 1. The van der Waals surface area contributed by atoms with Gasteiger partial charge in [0.1, 0.15) is 11.7 Å². The Bertz CT molecular complexity index is 924. The zero-order chi connectivity index (χ0) is 19.9. The van der Waals surface area contributed by atoms with Gasteiger partial charge >= 0.3 is 5.97 Å². The Labute approximate surface area is 164 Å². The number of halogens is 1. The highest BCUT2D eigenvalue weighted by Gasteiger charge is 2.56. The summed E-state index contributed by atoms with van der Waals surface area (Å²) >= 11 is 0. The van der Waals surface area contributed by atoms with E-state index in [0.717, 1.165) is 53.5 Å². The van der Waals surface area contributed by atoms with Crippen LogP contribution in [0.4, 0.5) is 4.39 Å². The fraction of sp³-hybridized carbons (Fsp3) is 0.417. The number of hydrogen-bond donors (Lipinski definition) is 0. The lowest BCUT2D eigenvalue weighted by Gasteiger charge is -2.30. The van der Waals surface area contributed by atoms with Gasteiger partial charge in [-0.15, -0.1) is 0 Å². The minimum absolute atomic E-state index is 0.0775. The number of esters is 1. The van der Waals surface area contributed by atoms with E-state index in [1.165, 1.54) is 12.1 Å². The Morgan fingerprint density at radius 3 is 2.36 bits per heavy atom. The zero-order valence-electron chi connectivity index (χ0n) is 16.4. The summed E-state index contributed by atoms with van der Waals surface area (Å²) in [6.45, 7) is 3.97. The Hall–Kier alpha value is -2.49. The molecule has 1 unspecified atom stereocenters. The van der Waals surface area contributed by atoms with Crippen LogP contribution in [0.15, 0.2) is 36.4 Å². The van der Waals surface area contributed by atoms with E-state index >= 15 is 0 Å². The maximum Gasteiger partial charge on any atom is 0.322 e. The molecule has 0 radical (unpaired) electrons. The quantitative estimate of drug-likeness (QED) is 0.538. The molecule has 3 nitrogen and oxygen atoms in total. The van der Waals surface area contributed by atoms with Crippen LogP contribution in [-0.4, -0.2) is 17.4 Å². The van der Waals surface area contributed by atoms with Crippen molar-refractivity contribution >= 4 is 11.8 Å². The first kappa shape index (κ1) is 18.9. The number of hydrogen-bond acceptors (Lipinski definition) is 3. The van der Waals surface area contributed by atoms with Gasteiger partial charge in [-0.1, -0.05) is 37.6 Å². The van der Waals surface area contributed by atoms with Crippen LogP contribution in [0.5, 0.6) is 0 Å². The van der Waals surface area contributed by atoms with E-state index < -0.39 is 17.5 Å². The zero-order valence-corrected chi connectivity index (χ0v) is 16.4. The number of rotatable bonds is 3. The van der Waals surface area contributed by atoms with Crippen molar-refractivity contribution in [1.29, 1.82) is 0 Å². The van der Waals surface area contributed by atoms with E-state index in [1.807, 2.05) is 26.0 Å². The first-order valence-corrected chi connectivity index (χ1v) is 10.1. The lowest BCUT2D eigenvalue weighted by molar-refractivity contribution is -0.154. The fourth-order valence-corrected chi connectivity index (χ4v) is 4.83. The number of benzene rings is 2. The lowest BCUT2D eigenvalue weighted by atomic mass is 9.76. The van der Waals surface area contributed by atoms with Crippen molar-refractivity contribution in [1.82, 2.24) is 0 Å². The average molecular weight is 380 g/mol. The SMILES string of the molecule is CCc1ccc(-c2ccc(F)cc2)c(C)c1C1C(=O)OC2(CCCCC2)C1=O. The molecule has 0 amide bonds. The van der Waals surface area contributed by atoms with Gasteiger partial charge in [-0.2, -0.15) is 0 Å². The van der Waals surface area contributed by atoms with Crippen LogP contribution in [0.1, 0.15) is 61.6 Å². The lowest BCUT2D eigenvalue weighted by Crippen LogP contribution is -2.39. The second-order valence-corrected chi connectivity index (χ2v) is 7.94. The van der Waals surface area contributed by atoms with E-state index in [1.54, 1.807) is 12.1 Å².